The predicted molar refractivity (Wildman–Crippen MR) is 59.1 cm³/mol. The highest BCUT2D eigenvalue weighted by Crippen LogP contribution is 2.18. The highest BCUT2D eigenvalue weighted by molar-refractivity contribution is 6.32. The summed E-state index contributed by atoms with van der Waals surface area (Å²) in [5.74, 6) is -1.60. The molecule has 94 valence electrons. The summed E-state index contributed by atoms with van der Waals surface area (Å²) >= 11 is 5.66. The van der Waals surface area contributed by atoms with Gasteiger partial charge in [0.25, 0.3) is 5.91 Å². The Bertz CT molecular complexity index is 403. The lowest BCUT2D eigenvalue weighted by atomic mass is 10.3. The van der Waals surface area contributed by atoms with Gasteiger partial charge in [-0.05, 0) is 17.7 Å². The molecule has 1 rings (SSSR count). The molecular formula is C10H12ClNO5. The fourth-order valence-electron chi connectivity index (χ4n) is 1.23. The van der Waals surface area contributed by atoms with Crippen molar-refractivity contribution in [1.29, 1.82) is 0 Å². The van der Waals surface area contributed by atoms with Crippen LogP contribution in [0.5, 0.6) is 0 Å². The number of hydrogen-bond donors (Lipinski definition) is 1. The SMILES string of the molecule is COCCN(CC(=O)O)C(=O)c1ccoc1Cl. The fraction of sp³-hybridized carbons (Fsp3) is 0.400. The molecule has 1 aromatic rings. The van der Waals surface area contributed by atoms with E-state index in [2.05, 4.69) is 0 Å². The van der Waals surface area contributed by atoms with Crippen molar-refractivity contribution >= 4 is 23.5 Å². The van der Waals surface area contributed by atoms with E-state index in [1.54, 1.807) is 0 Å². The summed E-state index contributed by atoms with van der Waals surface area (Å²) < 4.78 is 9.59. The lowest BCUT2D eigenvalue weighted by molar-refractivity contribution is -0.137. The number of carbonyl (C=O) groups excluding carboxylic acids is 1. The Morgan fingerprint density at radius 3 is 2.76 bits per heavy atom. The maximum atomic E-state index is 11.9. The van der Waals surface area contributed by atoms with E-state index in [0.29, 0.717) is 0 Å². The first-order chi connectivity index (χ1) is 8.06. The molecule has 0 spiro atoms. The van der Waals surface area contributed by atoms with Crippen LogP contribution in [0.15, 0.2) is 16.7 Å². The number of nitrogens with zero attached hydrogens (tertiary/aromatic N) is 1. The zero-order chi connectivity index (χ0) is 12.8. The molecule has 0 aromatic carbocycles. The number of hydrogen-bond acceptors (Lipinski definition) is 4. The molecule has 1 aromatic heterocycles. The van der Waals surface area contributed by atoms with Crippen LogP contribution in [0.25, 0.3) is 0 Å². The second kappa shape index (κ2) is 6.27. The molecule has 0 unspecified atom stereocenters. The van der Waals surface area contributed by atoms with Crippen molar-refractivity contribution in [2.45, 2.75) is 0 Å². The van der Waals surface area contributed by atoms with E-state index in [1.165, 1.54) is 19.4 Å². The monoisotopic (exact) mass is 261 g/mol. The summed E-state index contributed by atoms with van der Waals surface area (Å²) in [7, 11) is 1.47. The number of amides is 1. The van der Waals surface area contributed by atoms with Gasteiger partial charge in [-0.25, -0.2) is 0 Å². The molecule has 0 aliphatic heterocycles. The number of ether oxygens (including phenoxy) is 1. The Morgan fingerprint density at radius 1 is 1.59 bits per heavy atom. The molecule has 7 heteroatoms. The van der Waals surface area contributed by atoms with Crippen LogP contribution in [0.1, 0.15) is 10.4 Å². The highest BCUT2D eigenvalue weighted by atomic mass is 35.5. The van der Waals surface area contributed by atoms with Crippen molar-refractivity contribution in [2.75, 3.05) is 26.8 Å². The topological polar surface area (TPSA) is 80.0 Å². The Hall–Kier alpha value is -1.53. The van der Waals surface area contributed by atoms with Gasteiger partial charge in [0.1, 0.15) is 6.54 Å². The standard InChI is InChI=1S/C10H12ClNO5/c1-16-5-3-12(6-8(13)14)10(15)7-2-4-17-9(7)11/h2,4H,3,5-6H2,1H3,(H,13,14). The van der Waals surface area contributed by atoms with Crippen LogP contribution in [-0.4, -0.2) is 48.7 Å². The van der Waals surface area contributed by atoms with Gasteiger partial charge in [-0.3, -0.25) is 9.59 Å². The number of rotatable bonds is 6. The van der Waals surface area contributed by atoms with E-state index in [1.807, 2.05) is 0 Å². The molecule has 1 amide bonds. The summed E-state index contributed by atoms with van der Waals surface area (Å²) in [6.45, 7) is 0.00132. The van der Waals surface area contributed by atoms with Crippen molar-refractivity contribution < 1.29 is 23.8 Å². The van der Waals surface area contributed by atoms with E-state index in [9.17, 15) is 9.59 Å². The van der Waals surface area contributed by atoms with Gasteiger partial charge in [0.05, 0.1) is 18.4 Å². The van der Waals surface area contributed by atoms with Crippen molar-refractivity contribution in [3.63, 3.8) is 0 Å². The maximum absolute atomic E-state index is 11.9. The van der Waals surface area contributed by atoms with E-state index in [-0.39, 0.29) is 23.9 Å². The number of furan rings is 1. The normalized spacial score (nSPS) is 10.2. The first-order valence-electron chi connectivity index (χ1n) is 4.79. The molecule has 17 heavy (non-hydrogen) atoms. The largest absolute Gasteiger partial charge is 0.480 e. The van der Waals surface area contributed by atoms with Crippen molar-refractivity contribution in [2.24, 2.45) is 0 Å². The minimum atomic E-state index is -1.10. The summed E-state index contributed by atoms with van der Waals surface area (Å²) in [4.78, 5) is 23.7. The molecule has 0 radical (unpaired) electrons. The van der Waals surface area contributed by atoms with Gasteiger partial charge in [-0.15, -0.1) is 0 Å². The highest BCUT2D eigenvalue weighted by Gasteiger charge is 2.21. The Kier molecular flexibility index (Phi) is 4.99. The molecule has 0 aliphatic rings. The molecule has 0 atom stereocenters. The van der Waals surface area contributed by atoms with Crippen LogP contribution >= 0.6 is 11.6 Å². The predicted octanol–water partition coefficient (Wildman–Crippen LogP) is 1.11. The quantitative estimate of drug-likeness (QED) is 0.830. The number of carboxylic acid groups (broad SMARTS) is 1. The molecule has 1 N–H and O–H groups in total. The first-order valence-corrected chi connectivity index (χ1v) is 5.17. The van der Waals surface area contributed by atoms with Crippen LogP contribution in [0.4, 0.5) is 0 Å². The molecule has 1 heterocycles. The Balaban J connectivity index is 2.78. The molecule has 0 aliphatic carbocycles. The lowest BCUT2D eigenvalue weighted by Gasteiger charge is -2.19. The van der Waals surface area contributed by atoms with E-state index in [4.69, 9.17) is 25.9 Å². The van der Waals surface area contributed by atoms with E-state index >= 15 is 0 Å². The third-order valence-electron chi connectivity index (χ3n) is 2.03. The van der Waals surface area contributed by atoms with Crippen LogP contribution in [0, 0.1) is 0 Å². The van der Waals surface area contributed by atoms with Crippen molar-refractivity contribution in [3.05, 3.63) is 23.1 Å². The Morgan fingerprint density at radius 2 is 2.29 bits per heavy atom. The second-order valence-electron chi connectivity index (χ2n) is 3.22. The summed E-state index contributed by atoms with van der Waals surface area (Å²) in [5, 5.41) is 8.65. The van der Waals surface area contributed by atoms with Gasteiger partial charge in [-0.2, -0.15) is 0 Å². The summed E-state index contributed by atoms with van der Waals surface area (Å²) in [6.07, 6.45) is 1.27. The first kappa shape index (κ1) is 13.5. The minimum absolute atomic E-state index is 0.0530. The maximum Gasteiger partial charge on any atom is 0.323 e. The smallest absolute Gasteiger partial charge is 0.323 e. The number of aliphatic carboxylic acids is 1. The van der Waals surface area contributed by atoms with Crippen LogP contribution in [0.2, 0.25) is 5.22 Å². The number of carbonyl (C=O) groups is 2. The van der Waals surface area contributed by atoms with Gasteiger partial charge in [0.2, 0.25) is 5.22 Å². The minimum Gasteiger partial charge on any atom is -0.480 e. The average molecular weight is 262 g/mol. The van der Waals surface area contributed by atoms with E-state index in [0.717, 1.165) is 4.90 Å². The number of methoxy groups -OCH3 is 1. The second-order valence-corrected chi connectivity index (χ2v) is 3.56. The van der Waals surface area contributed by atoms with Gasteiger partial charge in [-0.1, -0.05) is 0 Å². The zero-order valence-electron chi connectivity index (χ0n) is 9.18. The summed E-state index contributed by atoms with van der Waals surface area (Å²) in [5.41, 5.74) is 0.143. The van der Waals surface area contributed by atoms with Crippen molar-refractivity contribution in [1.82, 2.24) is 4.90 Å². The zero-order valence-corrected chi connectivity index (χ0v) is 9.94. The lowest BCUT2D eigenvalue weighted by Crippen LogP contribution is -2.37. The molecule has 6 nitrogen and oxygen atoms in total. The van der Waals surface area contributed by atoms with E-state index < -0.39 is 18.4 Å². The van der Waals surface area contributed by atoms with Crippen LogP contribution in [0.3, 0.4) is 0 Å². The fourth-order valence-corrected chi connectivity index (χ4v) is 1.43. The third kappa shape index (κ3) is 3.76. The Labute approximate surface area is 103 Å². The van der Waals surface area contributed by atoms with Gasteiger partial charge >= 0.3 is 5.97 Å². The molecule has 0 saturated heterocycles. The van der Waals surface area contributed by atoms with Crippen molar-refractivity contribution in [3.8, 4) is 0 Å². The average Bonchev–Trinajstić information content (AvgIpc) is 2.69. The number of carboxylic acids is 1. The molecule has 0 bridgehead atoms. The van der Waals surface area contributed by atoms with Crippen LogP contribution < -0.4 is 0 Å². The molecular weight excluding hydrogens is 250 g/mol. The third-order valence-corrected chi connectivity index (χ3v) is 2.32. The van der Waals surface area contributed by atoms with Gasteiger partial charge < -0.3 is 19.2 Å². The number of halogens is 1. The van der Waals surface area contributed by atoms with Crippen LogP contribution in [-0.2, 0) is 9.53 Å². The van der Waals surface area contributed by atoms with Gasteiger partial charge in [0, 0.05) is 13.7 Å². The molecule has 0 fully saturated rings. The summed E-state index contributed by atoms with van der Waals surface area (Å²) in [6, 6.07) is 1.40. The van der Waals surface area contributed by atoms with Gasteiger partial charge in [0.15, 0.2) is 0 Å². The molecule has 0 saturated carbocycles.